The zero-order valence-corrected chi connectivity index (χ0v) is 15.4. The van der Waals surface area contributed by atoms with E-state index in [1.54, 1.807) is 13.1 Å². The largest absolute Gasteiger partial charge is 0.322 e. The number of carbonyl (C=O) groups excluding carboxylic acids is 1. The van der Waals surface area contributed by atoms with Crippen LogP contribution < -0.4 is 5.32 Å². The van der Waals surface area contributed by atoms with Crippen LogP contribution in [0.4, 0.5) is 23.2 Å². The molecule has 2 heterocycles. The highest BCUT2D eigenvalue weighted by Crippen LogP contribution is 2.20. The van der Waals surface area contributed by atoms with Crippen molar-refractivity contribution in [3.63, 3.8) is 0 Å². The molecule has 0 aliphatic heterocycles. The topological polar surface area (TPSA) is 64.7 Å². The van der Waals surface area contributed by atoms with Gasteiger partial charge in [0.2, 0.25) is 5.91 Å². The lowest BCUT2D eigenvalue weighted by Gasteiger charge is -2.07. The molecule has 6 nitrogen and oxygen atoms in total. The van der Waals surface area contributed by atoms with Crippen LogP contribution in [0.25, 0.3) is 0 Å². The summed E-state index contributed by atoms with van der Waals surface area (Å²) in [6, 6.07) is 0.268. The first-order valence-corrected chi connectivity index (χ1v) is 8.37. The fourth-order valence-electron chi connectivity index (χ4n) is 2.35. The van der Waals surface area contributed by atoms with E-state index in [0.717, 1.165) is 14.8 Å². The van der Waals surface area contributed by atoms with Crippen LogP contribution in [0.1, 0.15) is 11.3 Å². The molecule has 1 N–H and O–H groups in total. The van der Waals surface area contributed by atoms with E-state index < -0.39 is 41.3 Å². The van der Waals surface area contributed by atoms with E-state index in [4.69, 9.17) is 0 Å². The quantitative estimate of drug-likeness (QED) is 0.372. The van der Waals surface area contributed by atoms with Gasteiger partial charge in [-0.25, -0.2) is 17.6 Å². The second kappa shape index (κ2) is 7.51. The second-order valence-electron chi connectivity index (χ2n) is 5.68. The molecule has 1 aromatic carbocycles. The third-order valence-corrected chi connectivity index (χ3v) is 4.42. The van der Waals surface area contributed by atoms with Gasteiger partial charge in [0.15, 0.2) is 17.5 Å². The fourth-order valence-corrected chi connectivity index (χ4v) is 2.66. The Kier molecular flexibility index (Phi) is 5.31. The predicted molar refractivity (Wildman–Crippen MR) is 90.9 cm³/mol. The van der Waals surface area contributed by atoms with Gasteiger partial charge in [0.1, 0.15) is 12.4 Å². The number of anilines is 1. The summed E-state index contributed by atoms with van der Waals surface area (Å²) in [6.07, 6.45) is 4.22. The van der Waals surface area contributed by atoms with Crippen molar-refractivity contribution in [3.8, 4) is 0 Å². The summed E-state index contributed by atoms with van der Waals surface area (Å²) < 4.78 is 57.0. The number of hydrogen-bond acceptors (Lipinski definition) is 3. The van der Waals surface area contributed by atoms with Gasteiger partial charge in [0.05, 0.1) is 28.6 Å². The van der Waals surface area contributed by atoms with Crippen LogP contribution in [0, 0.1) is 30.2 Å². The SMILES string of the molecule is Cc1nn(CC(=O)Nc2cnn(Cc3c(F)cc(F)c(F)c3F)c2)cc1Br. The van der Waals surface area contributed by atoms with Crippen LogP contribution >= 0.6 is 15.9 Å². The number of aryl methyl sites for hydroxylation is 1. The minimum absolute atomic E-state index is 0.0515. The molecule has 142 valence electrons. The lowest BCUT2D eigenvalue weighted by Crippen LogP contribution is -2.18. The molecule has 0 unspecified atom stereocenters. The maximum atomic E-state index is 13.7. The molecule has 3 aromatic rings. The van der Waals surface area contributed by atoms with Crippen LogP contribution in [0.2, 0.25) is 0 Å². The van der Waals surface area contributed by atoms with Gasteiger partial charge in [-0.15, -0.1) is 0 Å². The molecule has 3 rings (SSSR count). The molecule has 0 fully saturated rings. The molecule has 27 heavy (non-hydrogen) atoms. The Labute approximate surface area is 158 Å². The summed E-state index contributed by atoms with van der Waals surface area (Å²) in [6.45, 7) is 1.25. The van der Waals surface area contributed by atoms with Crippen molar-refractivity contribution in [2.75, 3.05) is 5.32 Å². The number of nitrogens with zero attached hydrogens (tertiary/aromatic N) is 4. The Balaban J connectivity index is 1.68. The van der Waals surface area contributed by atoms with E-state index in [1.807, 2.05) is 0 Å². The Morgan fingerprint density at radius 3 is 2.56 bits per heavy atom. The number of amides is 1. The number of benzene rings is 1. The third kappa shape index (κ3) is 4.18. The third-order valence-electron chi connectivity index (χ3n) is 3.64. The molecule has 11 heteroatoms. The van der Waals surface area contributed by atoms with Crippen molar-refractivity contribution < 1.29 is 22.4 Å². The highest BCUT2D eigenvalue weighted by Gasteiger charge is 2.19. The molecule has 1 amide bonds. The summed E-state index contributed by atoms with van der Waals surface area (Å²) >= 11 is 3.29. The van der Waals surface area contributed by atoms with E-state index in [-0.39, 0.29) is 18.3 Å². The lowest BCUT2D eigenvalue weighted by atomic mass is 10.2. The number of hydrogen-bond donors (Lipinski definition) is 1. The second-order valence-corrected chi connectivity index (χ2v) is 6.54. The number of halogens is 5. The van der Waals surface area contributed by atoms with Crippen molar-refractivity contribution >= 4 is 27.5 Å². The highest BCUT2D eigenvalue weighted by molar-refractivity contribution is 9.10. The van der Waals surface area contributed by atoms with Crippen LogP contribution in [0.3, 0.4) is 0 Å². The predicted octanol–water partition coefficient (Wildman–Crippen LogP) is 3.39. The Hall–Kier alpha value is -2.69. The lowest BCUT2D eigenvalue weighted by molar-refractivity contribution is -0.116. The minimum atomic E-state index is -1.76. The Morgan fingerprint density at radius 2 is 1.89 bits per heavy atom. The molecule has 2 aromatic heterocycles. The van der Waals surface area contributed by atoms with Gasteiger partial charge in [0.25, 0.3) is 0 Å². The van der Waals surface area contributed by atoms with Crippen molar-refractivity contribution in [1.82, 2.24) is 19.6 Å². The molecule has 0 aliphatic carbocycles. The monoisotopic (exact) mass is 445 g/mol. The van der Waals surface area contributed by atoms with E-state index in [0.29, 0.717) is 0 Å². The standard InChI is InChI=1S/C16H12BrF4N5O/c1-8-11(17)6-26(24-8)7-14(27)23-9-3-22-25(4-9)5-10-12(18)2-13(19)16(21)15(10)20/h2-4,6H,5,7H2,1H3,(H,23,27). The molecular weight excluding hydrogens is 434 g/mol. The molecular formula is C16H12BrF4N5O. The first-order valence-electron chi connectivity index (χ1n) is 7.58. The first-order chi connectivity index (χ1) is 12.7. The molecule has 0 radical (unpaired) electrons. The Morgan fingerprint density at radius 1 is 1.15 bits per heavy atom. The van der Waals surface area contributed by atoms with Crippen LogP contribution in [0.15, 0.2) is 29.1 Å². The maximum absolute atomic E-state index is 13.7. The van der Waals surface area contributed by atoms with E-state index in [1.165, 1.54) is 17.1 Å². The van der Waals surface area contributed by atoms with Gasteiger partial charge in [0, 0.05) is 24.0 Å². The smallest absolute Gasteiger partial charge is 0.246 e. The fraction of sp³-hybridized carbons (Fsp3) is 0.188. The van der Waals surface area contributed by atoms with Crippen molar-refractivity contribution in [1.29, 1.82) is 0 Å². The molecule has 0 bridgehead atoms. The van der Waals surface area contributed by atoms with Crippen LogP contribution in [0.5, 0.6) is 0 Å². The molecule has 0 saturated carbocycles. The molecule has 0 spiro atoms. The average molecular weight is 446 g/mol. The number of nitrogens with one attached hydrogen (secondary N) is 1. The summed E-state index contributed by atoms with van der Waals surface area (Å²) in [4.78, 5) is 12.0. The molecule has 0 saturated heterocycles. The number of rotatable bonds is 5. The molecule has 0 aliphatic rings. The first kappa shape index (κ1) is 19.1. The van der Waals surface area contributed by atoms with E-state index in [2.05, 4.69) is 31.4 Å². The van der Waals surface area contributed by atoms with Gasteiger partial charge >= 0.3 is 0 Å². The van der Waals surface area contributed by atoms with Gasteiger partial charge in [-0.05, 0) is 22.9 Å². The van der Waals surface area contributed by atoms with Gasteiger partial charge in [-0.2, -0.15) is 10.2 Å². The number of carbonyl (C=O) groups is 1. The summed E-state index contributed by atoms with van der Waals surface area (Å²) in [7, 11) is 0. The highest BCUT2D eigenvalue weighted by atomic mass is 79.9. The van der Waals surface area contributed by atoms with Gasteiger partial charge < -0.3 is 5.32 Å². The maximum Gasteiger partial charge on any atom is 0.246 e. The van der Waals surface area contributed by atoms with Crippen molar-refractivity contribution in [2.45, 2.75) is 20.0 Å². The van der Waals surface area contributed by atoms with Crippen LogP contribution in [-0.4, -0.2) is 25.5 Å². The Bertz CT molecular complexity index is 997. The summed E-state index contributed by atoms with van der Waals surface area (Å²) in [5, 5.41) is 10.5. The van der Waals surface area contributed by atoms with Gasteiger partial charge in [-0.1, -0.05) is 0 Å². The zero-order chi connectivity index (χ0) is 19.7. The zero-order valence-electron chi connectivity index (χ0n) is 13.8. The van der Waals surface area contributed by atoms with Crippen molar-refractivity contribution in [3.05, 3.63) is 63.7 Å². The van der Waals surface area contributed by atoms with E-state index in [9.17, 15) is 22.4 Å². The van der Waals surface area contributed by atoms with E-state index >= 15 is 0 Å². The summed E-state index contributed by atoms with van der Waals surface area (Å²) in [5.41, 5.74) is 0.323. The summed E-state index contributed by atoms with van der Waals surface area (Å²) in [5.74, 6) is -6.61. The average Bonchev–Trinajstić information content (AvgIpc) is 3.15. The minimum Gasteiger partial charge on any atom is -0.322 e. The van der Waals surface area contributed by atoms with Crippen LogP contribution in [-0.2, 0) is 17.9 Å². The normalized spacial score (nSPS) is 11.0. The van der Waals surface area contributed by atoms with Gasteiger partial charge in [-0.3, -0.25) is 14.2 Å². The van der Waals surface area contributed by atoms with Crippen molar-refractivity contribution in [2.24, 2.45) is 0 Å². The molecule has 0 atom stereocenters. The number of aromatic nitrogens is 4.